The molecule has 1 aromatic rings. The number of unbranched alkanes of at least 4 members (excludes halogenated alkanes) is 1. The van der Waals surface area contributed by atoms with E-state index >= 15 is 0 Å². The molecule has 0 saturated carbocycles. The molecule has 4 nitrogen and oxygen atoms in total. The van der Waals surface area contributed by atoms with Gasteiger partial charge in [0.2, 0.25) is 5.91 Å². The molecule has 0 unspecified atom stereocenters. The van der Waals surface area contributed by atoms with Crippen LogP contribution in [-0.2, 0) is 17.8 Å². The zero-order valence-electron chi connectivity index (χ0n) is 9.62. The van der Waals surface area contributed by atoms with Gasteiger partial charge in [0.1, 0.15) is 0 Å². The van der Waals surface area contributed by atoms with Gasteiger partial charge in [-0.25, -0.2) is 0 Å². The summed E-state index contributed by atoms with van der Waals surface area (Å²) in [6.07, 6.45) is 1.95. The van der Waals surface area contributed by atoms with E-state index in [2.05, 4.69) is 22.8 Å². The third-order valence-corrected chi connectivity index (χ3v) is 2.77. The minimum Gasteiger partial charge on any atom is -0.326 e. The number of nitriles is 1. The molecule has 0 saturated heterocycles. The summed E-state index contributed by atoms with van der Waals surface area (Å²) in [6, 6.07) is 8.15. The number of rotatable bonds is 5. The van der Waals surface area contributed by atoms with Gasteiger partial charge in [-0.2, -0.15) is 5.26 Å². The maximum absolute atomic E-state index is 11.2. The van der Waals surface area contributed by atoms with Crippen LogP contribution in [-0.4, -0.2) is 12.5 Å². The molecule has 1 amide bonds. The Labute approximate surface area is 101 Å². The molecule has 1 aliphatic rings. The summed E-state index contributed by atoms with van der Waals surface area (Å²) in [5.74, 6) is 0.0686. The largest absolute Gasteiger partial charge is 0.326 e. The number of nitrogens with one attached hydrogen (secondary N) is 2. The van der Waals surface area contributed by atoms with Crippen LogP contribution in [0.5, 0.6) is 0 Å². The minimum absolute atomic E-state index is 0.0686. The second kappa shape index (κ2) is 5.46. The van der Waals surface area contributed by atoms with E-state index in [1.807, 2.05) is 12.1 Å². The highest BCUT2D eigenvalue weighted by atomic mass is 16.1. The average molecular weight is 229 g/mol. The number of amides is 1. The average Bonchev–Trinajstić information content (AvgIpc) is 2.68. The molecule has 2 rings (SSSR count). The normalized spacial score (nSPS) is 13.0. The third kappa shape index (κ3) is 3.05. The van der Waals surface area contributed by atoms with Gasteiger partial charge >= 0.3 is 0 Å². The molecule has 88 valence electrons. The fraction of sp³-hybridized carbons (Fsp3) is 0.385. The Morgan fingerprint density at radius 1 is 1.47 bits per heavy atom. The Bertz CT molecular complexity index is 462. The van der Waals surface area contributed by atoms with Crippen LogP contribution in [0.15, 0.2) is 18.2 Å². The lowest BCUT2D eigenvalue weighted by atomic mass is 10.1. The number of hydrogen-bond donors (Lipinski definition) is 2. The van der Waals surface area contributed by atoms with Crippen molar-refractivity contribution in [3.8, 4) is 6.07 Å². The lowest BCUT2D eigenvalue weighted by molar-refractivity contribution is -0.115. The van der Waals surface area contributed by atoms with Crippen LogP contribution in [0, 0.1) is 11.3 Å². The van der Waals surface area contributed by atoms with E-state index in [1.165, 1.54) is 5.56 Å². The van der Waals surface area contributed by atoms with Crippen molar-refractivity contribution in [2.24, 2.45) is 0 Å². The summed E-state index contributed by atoms with van der Waals surface area (Å²) in [7, 11) is 0. The zero-order chi connectivity index (χ0) is 12.1. The Morgan fingerprint density at radius 2 is 2.35 bits per heavy atom. The van der Waals surface area contributed by atoms with Gasteiger partial charge in [-0.15, -0.1) is 0 Å². The standard InChI is InChI=1S/C13H15N3O/c14-5-1-2-6-15-9-10-3-4-12-11(7-10)8-13(17)16-12/h3-4,7,15H,1-2,6,8-9H2,(H,16,17). The molecule has 0 atom stereocenters. The Morgan fingerprint density at radius 3 is 3.18 bits per heavy atom. The second-order valence-electron chi connectivity index (χ2n) is 4.15. The first kappa shape index (κ1) is 11.6. The van der Waals surface area contributed by atoms with Gasteiger partial charge in [0, 0.05) is 18.7 Å². The van der Waals surface area contributed by atoms with E-state index in [0.29, 0.717) is 12.8 Å². The van der Waals surface area contributed by atoms with E-state index in [-0.39, 0.29) is 5.91 Å². The first-order chi connectivity index (χ1) is 8.29. The highest BCUT2D eigenvalue weighted by molar-refractivity contribution is 5.99. The third-order valence-electron chi connectivity index (χ3n) is 2.77. The van der Waals surface area contributed by atoms with Gasteiger partial charge in [0.15, 0.2) is 0 Å². The number of nitrogens with zero attached hydrogens (tertiary/aromatic N) is 1. The molecule has 4 heteroatoms. The van der Waals surface area contributed by atoms with Crippen LogP contribution in [0.25, 0.3) is 0 Å². The lowest BCUT2D eigenvalue weighted by Gasteiger charge is -2.05. The molecule has 1 aliphatic heterocycles. The second-order valence-corrected chi connectivity index (χ2v) is 4.15. The summed E-state index contributed by atoms with van der Waals surface area (Å²) in [5.41, 5.74) is 3.19. The molecule has 2 N–H and O–H groups in total. The number of fused-ring (bicyclic) bond motifs is 1. The van der Waals surface area contributed by atoms with E-state index in [4.69, 9.17) is 5.26 Å². The van der Waals surface area contributed by atoms with Crippen molar-refractivity contribution in [2.75, 3.05) is 11.9 Å². The molecule has 17 heavy (non-hydrogen) atoms. The van der Waals surface area contributed by atoms with Crippen LogP contribution >= 0.6 is 0 Å². The molecular weight excluding hydrogens is 214 g/mol. The number of carbonyl (C=O) groups is 1. The van der Waals surface area contributed by atoms with Gasteiger partial charge in [0.25, 0.3) is 0 Å². The predicted octanol–water partition coefficient (Wildman–Crippen LogP) is 1.57. The SMILES string of the molecule is N#CCCCNCc1ccc2c(c1)CC(=O)N2. The van der Waals surface area contributed by atoms with E-state index in [0.717, 1.165) is 30.8 Å². The number of benzene rings is 1. The summed E-state index contributed by atoms with van der Waals surface area (Å²) >= 11 is 0. The molecule has 0 radical (unpaired) electrons. The van der Waals surface area contributed by atoms with Crippen molar-refractivity contribution in [3.63, 3.8) is 0 Å². The van der Waals surface area contributed by atoms with E-state index in [1.54, 1.807) is 0 Å². The summed E-state index contributed by atoms with van der Waals surface area (Å²) < 4.78 is 0. The van der Waals surface area contributed by atoms with Gasteiger partial charge in [0.05, 0.1) is 12.5 Å². The first-order valence-electron chi connectivity index (χ1n) is 5.79. The highest BCUT2D eigenvalue weighted by Crippen LogP contribution is 2.23. The van der Waals surface area contributed by atoms with Crippen molar-refractivity contribution in [3.05, 3.63) is 29.3 Å². The molecule has 0 aromatic heterocycles. The maximum atomic E-state index is 11.2. The van der Waals surface area contributed by atoms with E-state index in [9.17, 15) is 4.79 Å². The summed E-state index contributed by atoms with van der Waals surface area (Å²) in [4.78, 5) is 11.2. The van der Waals surface area contributed by atoms with Crippen LogP contribution in [0.1, 0.15) is 24.0 Å². The summed E-state index contributed by atoms with van der Waals surface area (Å²) in [6.45, 7) is 1.63. The first-order valence-corrected chi connectivity index (χ1v) is 5.79. The van der Waals surface area contributed by atoms with Crippen molar-refractivity contribution in [1.29, 1.82) is 5.26 Å². The smallest absolute Gasteiger partial charge is 0.228 e. The van der Waals surface area contributed by atoms with Crippen molar-refractivity contribution in [2.45, 2.75) is 25.8 Å². The zero-order valence-corrected chi connectivity index (χ0v) is 9.62. The Balaban J connectivity index is 1.85. The number of anilines is 1. The van der Waals surface area contributed by atoms with Crippen LogP contribution in [0.3, 0.4) is 0 Å². The Hall–Kier alpha value is -1.86. The van der Waals surface area contributed by atoms with Crippen molar-refractivity contribution >= 4 is 11.6 Å². The molecule has 1 aromatic carbocycles. The predicted molar refractivity (Wildman–Crippen MR) is 65.3 cm³/mol. The summed E-state index contributed by atoms with van der Waals surface area (Å²) in [5, 5.41) is 14.5. The minimum atomic E-state index is 0.0686. The van der Waals surface area contributed by atoms with Gasteiger partial charge in [-0.05, 0) is 30.2 Å². The van der Waals surface area contributed by atoms with Crippen LogP contribution in [0.2, 0.25) is 0 Å². The molecular formula is C13H15N3O. The van der Waals surface area contributed by atoms with Crippen molar-refractivity contribution < 1.29 is 4.79 Å². The van der Waals surface area contributed by atoms with Gasteiger partial charge in [-0.1, -0.05) is 12.1 Å². The fourth-order valence-electron chi connectivity index (χ4n) is 1.92. The molecule has 0 spiro atoms. The molecule has 1 heterocycles. The monoisotopic (exact) mass is 229 g/mol. The highest BCUT2D eigenvalue weighted by Gasteiger charge is 2.16. The van der Waals surface area contributed by atoms with Crippen molar-refractivity contribution in [1.82, 2.24) is 5.32 Å². The van der Waals surface area contributed by atoms with Crippen LogP contribution < -0.4 is 10.6 Å². The number of hydrogen-bond acceptors (Lipinski definition) is 3. The van der Waals surface area contributed by atoms with Gasteiger partial charge < -0.3 is 10.6 Å². The number of carbonyl (C=O) groups excluding carboxylic acids is 1. The fourth-order valence-corrected chi connectivity index (χ4v) is 1.92. The molecule has 0 fully saturated rings. The quantitative estimate of drug-likeness (QED) is 0.753. The topological polar surface area (TPSA) is 64.9 Å². The molecule has 0 aliphatic carbocycles. The maximum Gasteiger partial charge on any atom is 0.228 e. The lowest BCUT2D eigenvalue weighted by Crippen LogP contribution is -2.14. The molecule has 0 bridgehead atoms. The van der Waals surface area contributed by atoms with Crippen LogP contribution in [0.4, 0.5) is 5.69 Å². The Kier molecular flexibility index (Phi) is 3.73. The van der Waals surface area contributed by atoms with Gasteiger partial charge in [-0.3, -0.25) is 4.79 Å². The van der Waals surface area contributed by atoms with E-state index < -0.39 is 0 Å².